The number of carbonyl (C=O) groups excluding carboxylic acids is 2. The van der Waals surface area contributed by atoms with E-state index in [-0.39, 0.29) is 11.7 Å². The highest BCUT2D eigenvalue weighted by Gasteiger charge is 2.27. The van der Waals surface area contributed by atoms with Gasteiger partial charge in [-0.2, -0.15) is 0 Å². The number of nitrogens with one attached hydrogen (secondary N) is 1. The Bertz CT molecular complexity index is 689. The second-order valence-electron chi connectivity index (χ2n) is 5.51. The maximum absolute atomic E-state index is 12.2. The zero-order chi connectivity index (χ0) is 14.8. The number of ketones is 1. The zero-order valence-corrected chi connectivity index (χ0v) is 11.9. The molecule has 1 amide bonds. The Kier molecular flexibility index (Phi) is 3.57. The molecule has 0 aliphatic heterocycles. The third kappa shape index (κ3) is 2.87. The number of aryl methyl sites for hydroxylation is 1. The molecule has 3 rings (SSSR count). The van der Waals surface area contributed by atoms with Gasteiger partial charge in [-0.3, -0.25) is 9.59 Å². The molecule has 1 atom stereocenters. The molecule has 2 aromatic carbocycles. The number of hydrogen-bond donors (Lipinski definition) is 1. The molecule has 0 saturated carbocycles. The quantitative estimate of drug-likeness (QED) is 0.918. The van der Waals surface area contributed by atoms with Crippen LogP contribution in [0.15, 0.2) is 48.5 Å². The summed E-state index contributed by atoms with van der Waals surface area (Å²) < 4.78 is 0. The van der Waals surface area contributed by atoms with Gasteiger partial charge in [0, 0.05) is 18.4 Å². The molecule has 0 radical (unpaired) electrons. The van der Waals surface area contributed by atoms with Gasteiger partial charge in [-0.05, 0) is 30.2 Å². The van der Waals surface area contributed by atoms with E-state index in [0.29, 0.717) is 18.4 Å². The molecule has 0 spiro atoms. The third-order valence-electron chi connectivity index (χ3n) is 3.91. The summed E-state index contributed by atoms with van der Waals surface area (Å²) in [6.45, 7) is 1.98. The van der Waals surface area contributed by atoms with Crippen LogP contribution >= 0.6 is 0 Å². The van der Waals surface area contributed by atoms with E-state index in [1.54, 1.807) is 12.1 Å². The van der Waals surface area contributed by atoms with Gasteiger partial charge in [-0.15, -0.1) is 0 Å². The van der Waals surface area contributed by atoms with Gasteiger partial charge in [0.2, 0.25) is 0 Å². The maximum atomic E-state index is 12.2. The second kappa shape index (κ2) is 5.52. The van der Waals surface area contributed by atoms with Gasteiger partial charge in [0.1, 0.15) is 0 Å². The van der Waals surface area contributed by atoms with Crippen molar-refractivity contribution in [1.29, 1.82) is 0 Å². The van der Waals surface area contributed by atoms with Crippen LogP contribution in [0.25, 0.3) is 0 Å². The molecule has 1 N–H and O–H groups in total. The summed E-state index contributed by atoms with van der Waals surface area (Å²) in [5, 5.41) is 2.86. The summed E-state index contributed by atoms with van der Waals surface area (Å²) in [6.07, 6.45) is 0.974. The smallest absolute Gasteiger partial charge is 0.251 e. The van der Waals surface area contributed by atoms with Crippen molar-refractivity contribution in [3.8, 4) is 0 Å². The number of amides is 1. The van der Waals surface area contributed by atoms with Crippen LogP contribution in [0.1, 0.15) is 27.0 Å². The molecule has 0 heterocycles. The van der Waals surface area contributed by atoms with E-state index in [0.717, 1.165) is 16.7 Å². The van der Waals surface area contributed by atoms with Crippen LogP contribution in [0.4, 0.5) is 0 Å². The molecule has 0 fully saturated rings. The predicted molar refractivity (Wildman–Crippen MR) is 81.3 cm³/mol. The minimum Gasteiger partial charge on any atom is -0.342 e. The molecule has 0 aromatic heterocycles. The number of Topliss-reactive ketones (excluding diaryl/α,β-unsaturated/α-hetero) is 1. The van der Waals surface area contributed by atoms with Gasteiger partial charge in [0.15, 0.2) is 5.78 Å². The molecule has 3 heteroatoms. The van der Waals surface area contributed by atoms with Gasteiger partial charge >= 0.3 is 0 Å². The summed E-state index contributed by atoms with van der Waals surface area (Å²) >= 11 is 0. The van der Waals surface area contributed by atoms with Crippen molar-refractivity contribution < 1.29 is 9.59 Å². The van der Waals surface area contributed by atoms with Gasteiger partial charge in [0.05, 0.1) is 6.04 Å². The van der Waals surface area contributed by atoms with Gasteiger partial charge in [-0.25, -0.2) is 0 Å². The van der Waals surface area contributed by atoms with Crippen LogP contribution in [0.5, 0.6) is 0 Å². The zero-order valence-electron chi connectivity index (χ0n) is 11.9. The van der Waals surface area contributed by atoms with E-state index in [4.69, 9.17) is 0 Å². The molecule has 3 nitrogen and oxygen atoms in total. The molecular weight excluding hydrogens is 262 g/mol. The van der Waals surface area contributed by atoms with Crippen LogP contribution < -0.4 is 5.32 Å². The molecule has 106 valence electrons. The lowest BCUT2D eigenvalue weighted by Gasteiger charge is -2.24. The summed E-state index contributed by atoms with van der Waals surface area (Å²) in [6, 6.07) is 14.8. The standard InChI is InChI=1S/C18H17NO2/c1-12-6-8-13(9-7-12)18(21)19-16-10-14-4-2-3-5-15(14)11-17(16)20/h2-9,16H,10-11H2,1H3,(H,19,21). The normalized spacial score (nSPS) is 17.2. The molecule has 0 bridgehead atoms. The van der Waals surface area contributed by atoms with E-state index in [2.05, 4.69) is 5.32 Å². The van der Waals surface area contributed by atoms with Crippen molar-refractivity contribution in [2.45, 2.75) is 25.8 Å². The van der Waals surface area contributed by atoms with Crippen LogP contribution in [-0.2, 0) is 17.6 Å². The maximum Gasteiger partial charge on any atom is 0.251 e. The number of hydrogen-bond acceptors (Lipinski definition) is 2. The van der Waals surface area contributed by atoms with Crippen LogP contribution in [0.3, 0.4) is 0 Å². The molecule has 0 saturated heterocycles. The average Bonchev–Trinajstić information content (AvgIpc) is 2.48. The first-order valence-electron chi connectivity index (χ1n) is 7.10. The van der Waals surface area contributed by atoms with Crippen LogP contribution in [-0.4, -0.2) is 17.7 Å². The fourth-order valence-corrected chi connectivity index (χ4v) is 2.65. The minimum absolute atomic E-state index is 0.0779. The Labute approximate surface area is 124 Å². The summed E-state index contributed by atoms with van der Waals surface area (Å²) in [5.74, 6) is -0.109. The largest absolute Gasteiger partial charge is 0.342 e. The predicted octanol–water partition coefficient (Wildman–Crippen LogP) is 2.46. The molecule has 21 heavy (non-hydrogen) atoms. The minimum atomic E-state index is -0.422. The molecule has 1 unspecified atom stereocenters. The van der Waals surface area contributed by atoms with Gasteiger partial charge in [0.25, 0.3) is 5.91 Å². The number of fused-ring (bicyclic) bond motifs is 1. The lowest BCUT2D eigenvalue weighted by atomic mass is 9.87. The lowest BCUT2D eigenvalue weighted by molar-refractivity contribution is -0.120. The van der Waals surface area contributed by atoms with Crippen molar-refractivity contribution in [3.63, 3.8) is 0 Å². The third-order valence-corrected chi connectivity index (χ3v) is 3.91. The fraction of sp³-hybridized carbons (Fsp3) is 0.222. The van der Waals surface area contributed by atoms with Gasteiger partial charge in [-0.1, -0.05) is 42.0 Å². The highest BCUT2D eigenvalue weighted by Crippen LogP contribution is 2.19. The molecule has 1 aliphatic rings. The number of carbonyl (C=O) groups is 2. The topological polar surface area (TPSA) is 46.2 Å². The highest BCUT2D eigenvalue weighted by molar-refractivity contribution is 5.99. The van der Waals surface area contributed by atoms with Crippen molar-refractivity contribution in [3.05, 3.63) is 70.8 Å². The first-order valence-corrected chi connectivity index (χ1v) is 7.10. The Hall–Kier alpha value is -2.42. The fourth-order valence-electron chi connectivity index (χ4n) is 2.65. The average molecular weight is 279 g/mol. The second-order valence-corrected chi connectivity index (χ2v) is 5.51. The highest BCUT2D eigenvalue weighted by atomic mass is 16.2. The van der Waals surface area contributed by atoms with Crippen molar-refractivity contribution in [2.24, 2.45) is 0 Å². The van der Waals surface area contributed by atoms with Crippen molar-refractivity contribution >= 4 is 11.7 Å². The Morgan fingerprint density at radius 3 is 2.43 bits per heavy atom. The summed E-state index contributed by atoms with van der Waals surface area (Å²) in [5.41, 5.74) is 3.91. The first-order chi connectivity index (χ1) is 10.1. The van der Waals surface area contributed by atoms with Crippen LogP contribution in [0, 0.1) is 6.92 Å². The van der Waals surface area contributed by atoms with Gasteiger partial charge < -0.3 is 5.32 Å². The SMILES string of the molecule is Cc1ccc(C(=O)NC2Cc3ccccc3CC2=O)cc1. The lowest BCUT2D eigenvalue weighted by Crippen LogP contribution is -2.45. The first kappa shape index (κ1) is 13.6. The molecular formula is C18H17NO2. The molecule has 2 aromatic rings. The Morgan fingerprint density at radius 2 is 1.71 bits per heavy atom. The van der Waals surface area contributed by atoms with E-state index in [9.17, 15) is 9.59 Å². The monoisotopic (exact) mass is 279 g/mol. The summed E-state index contributed by atoms with van der Waals surface area (Å²) in [7, 11) is 0. The van der Waals surface area contributed by atoms with Crippen molar-refractivity contribution in [2.75, 3.05) is 0 Å². The van der Waals surface area contributed by atoms with E-state index in [1.807, 2.05) is 43.3 Å². The van der Waals surface area contributed by atoms with E-state index >= 15 is 0 Å². The van der Waals surface area contributed by atoms with Crippen molar-refractivity contribution in [1.82, 2.24) is 5.32 Å². The van der Waals surface area contributed by atoms with Crippen LogP contribution in [0.2, 0.25) is 0 Å². The Balaban J connectivity index is 1.75. The number of rotatable bonds is 2. The van der Waals surface area contributed by atoms with E-state index in [1.165, 1.54) is 0 Å². The number of benzene rings is 2. The Morgan fingerprint density at radius 1 is 1.05 bits per heavy atom. The van der Waals surface area contributed by atoms with E-state index < -0.39 is 6.04 Å². The summed E-state index contributed by atoms with van der Waals surface area (Å²) in [4.78, 5) is 24.4. The molecule has 1 aliphatic carbocycles.